The molecule has 194 valence electrons. The number of nitrogens with one attached hydrogen (secondary N) is 3. The Morgan fingerprint density at radius 2 is 1.53 bits per heavy atom. The van der Waals surface area contributed by atoms with Gasteiger partial charge in [-0.2, -0.15) is 0 Å². The fourth-order valence-corrected chi connectivity index (χ4v) is 5.63. The smallest absolute Gasteiger partial charge is 0.124 e. The van der Waals surface area contributed by atoms with E-state index in [2.05, 4.69) is 95.1 Å². The van der Waals surface area contributed by atoms with Gasteiger partial charge in [0.15, 0.2) is 0 Å². The molecule has 4 aromatic rings. The summed E-state index contributed by atoms with van der Waals surface area (Å²) in [6.45, 7) is 4.44. The van der Waals surface area contributed by atoms with Gasteiger partial charge in [-0.15, -0.1) is 0 Å². The quantitative estimate of drug-likeness (QED) is 0.236. The molecular weight excluding hydrogens is 468 g/mol. The molecule has 4 atom stereocenters. The molecule has 0 spiro atoms. The number of nitrogens with zero attached hydrogens (tertiary/aromatic N) is 2. The second-order valence-electron chi connectivity index (χ2n) is 10.9. The van der Waals surface area contributed by atoms with Crippen LogP contribution >= 0.6 is 0 Å². The minimum Gasteiger partial charge on any atom is -0.397 e. The number of hydrogen-bond donors (Lipinski definition) is 4. The van der Waals surface area contributed by atoms with Gasteiger partial charge in [-0.1, -0.05) is 48.5 Å². The third kappa shape index (κ3) is 5.28. The predicted molar refractivity (Wildman–Crippen MR) is 158 cm³/mol. The van der Waals surface area contributed by atoms with Crippen LogP contribution in [0.5, 0.6) is 0 Å². The van der Waals surface area contributed by atoms with Crippen molar-refractivity contribution >= 4 is 22.7 Å². The topological polar surface area (TPSA) is 91.1 Å². The lowest BCUT2D eigenvalue weighted by Gasteiger charge is -2.08. The molecule has 0 radical (unpaired) electrons. The van der Waals surface area contributed by atoms with Gasteiger partial charge >= 0.3 is 0 Å². The maximum atomic E-state index is 6.29. The molecule has 0 unspecified atom stereocenters. The molecule has 0 amide bonds. The normalized spacial score (nSPS) is 24.1. The number of aromatic amines is 1. The Kier molecular flexibility index (Phi) is 6.83. The van der Waals surface area contributed by atoms with E-state index in [1.54, 1.807) is 6.20 Å². The maximum absolute atomic E-state index is 6.29. The van der Waals surface area contributed by atoms with E-state index in [0.29, 0.717) is 29.9 Å². The van der Waals surface area contributed by atoms with Crippen LogP contribution in [0.15, 0.2) is 78.1 Å². The van der Waals surface area contributed by atoms with Gasteiger partial charge in [-0.05, 0) is 79.1 Å². The van der Waals surface area contributed by atoms with Crippen molar-refractivity contribution in [3.63, 3.8) is 0 Å². The monoisotopic (exact) mass is 504 g/mol. The first kappa shape index (κ1) is 24.6. The molecular formula is C32H36N6. The van der Waals surface area contributed by atoms with E-state index in [1.165, 1.54) is 29.2 Å². The van der Waals surface area contributed by atoms with E-state index >= 15 is 0 Å². The Morgan fingerprint density at radius 3 is 2.24 bits per heavy atom. The molecule has 6 heteroatoms. The Bertz CT molecular complexity index is 1480. The third-order valence-electron chi connectivity index (χ3n) is 7.88. The number of benzene rings is 3. The molecule has 2 fully saturated rings. The molecule has 38 heavy (non-hydrogen) atoms. The average molecular weight is 505 g/mol. The summed E-state index contributed by atoms with van der Waals surface area (Å²) < 4.78 is 0. The summed E-state index contributed by atoms with van der Waals surface area (Å²) >= 11 is 0. The van der Waals surface area contributed by atoms with Gasteiger partial charge in [-0.25, -0.2) is 4.98 Å². The number of aliphatic imine (C=N–C) groups is 1. The first-order valence-electron chi connectivity index (χ1n) is 13.7. The molecule has 0 bridgehead atoms. The number of hydrogen-bond acceptors (Lipinski definition) is 5. The van der Waals surface area contributed by atoms with Crippen LogP contribution in [0, 0.1) is 0 Å². The molecule has 0 saturated carbocycles. The summed E-state index contributed by atoms with van der Waals surface area (Å²) in [5.74, 6) is 1.03. The van der Waals surface area contributed by atoms with Crippen molar-refractivity contribution in [1.29, 1.82) is 0 Å². The number of imidazole rings is 1. The lowest BCUT2D eigenvalue weighted by molar-refractivity contribution is 0.564. The van der Waals surface area contributed by atoms with Crippen molar-refractivity contribution in [2.75, 3.05) is 0 Å². The Labute approximate surface area is 224 Å². The van der Waals surface area contributed by atoms with Crippen LogP contribution in [0.2, 0.25) is 0 Å². The van der Waals surface area contributed by atoms with Crippen LogP contribution in [0.1, 0.15) is 57.0 Å². The van der Waals surface area contributed by atoms with Crippen molar-refractivity contribution < 1.29 is 0 Å². The zero-order valence-corrected chi connectivity index (χ0v) is 22.1. The molecule has 2 saturated heterocycles. The van der Waals surface area contributed by atoms with Crippen LogP contribution in [0.3, 0.4) is 0 Å². The summed E-state index contributed by atoms with van der Waals surface area (Å²) in [6, 6.07) is 23.3. The van der Waals surface area contributed by atoms with Crippen LogP contribution in [0.4, 0.5) is 0 Å². The van der Waals surface area contributed by atoms with Gasteiger partial charge in [0.05, 0.1) is 23.6 Å². The summed E-state index contributed by atoms with van der Waals surface area (Å²) in [6.07, 6.45) is 10.4. The van der Waals surface area contributed by atoms with Crippen molar-refractivity contribution in [2.45, 2.75) is 63.7 Å². The van der Waals surface area contributed by atoms with Crippen molar-refractivity contribution in [1.82, 2.24) is 20.6 Å². The summed E-state index contributed by atoms with van der Waals surface area (Å²) in [4.78, 5) is 12.7. The largest absolute Gasteiger partial charge is 0.397 e. The van der Waals surface area contributed by atoms with Gasteiger partial charge in [0.2, 0.25) is 0 Å². The first-order valence-corrected chi connectivity index (χ1v) is 13.7. The van der Waals surface area contributed by atoms with Crippen molar-refractivity contribution in [3.8, 4) is 22.4 Å². The second-order valence-corrected chi connectivity index (χ2v) is 10.9. The summed E-state index contributed by atoms with van der Waals surface area (Å²) in [5, 5.41) is 9.52. The number of rotatable bonds is 6. The van der Waals surface area contributed by atoms with Gasteiger partial charge in [0.25, 0.3) is 0 Å². The number of fused-ring (bicyclic) bond motifs is 1. The molecule has 3 heterocycles. The fraction of sp³-hybridized carbons (Fsp3) is 0.312. The highest BCUT2D eigenvalue weighted by Crippen LogP contribution is 2.30. The van der Waals surface area contributed by atoms with Crippen LogP contribution in [-0.4, -0.2) is 34.3 Å². The van der Waals surface area contributed by atoms with Crippen molar-refractivity contribution in [2.24, 2.45) is 10.7 Å². The van der Waals surface area contributed by atoms with Gasteiger partial charge in [0.1, 0.15) is 5.82 Å². The average Bonchev–Trinajstić information content (AvgIpc) is 3.69. The van der Waals surface area contributed by atoms with E-state index in [0.717, 1.165) is 41.1 Å². The molecule has 0 aliphatic carbocycles. The molecule has 3 aromatic carbocycles. The molecule has 5 N–H and O–H groups in total. The SMILES string of the molecule is C[C@H]1CC[C@@H](/C=N/C=C(\N)c2ccc(-c3ccc4cc(-c5c[nH]c([C@@H]6CC[C@H](C)N6)n5)ccc4c3)cc2)N1. The highest BCUT2D eigenvalue weighted by Gasteiger charge is 2.24. The molecule has 2 aliphatic rings. The number of nitrogens with two attached hydrogens (primary N) is 1. The lowest BCUT2D eigenvalue weighted by Crippen LogP contribution is -2.27. The zero-order valence-electron chi connectivity index (χ0n) is 22.1. The first-order chi connectivity index (χ1) is 18.5. The van der Waals surface area contributed by atoms with Crippen LogP contribution in [-0.2, 0) is 0 Å². The van der Waals surface area contributed by atoms with E-state index in [9.17, 15) is 0 Å². The van der Waals surface area contributed by atoms with Gasteiger partial charge < -0.3 is 21.4 Å². The van der Waals surface area contributed by atoms with E-state index in [4.69, 9.17) is 10.7 Å². The van der Waals surface area contributed by atoms with Crippen LogP contribution < -0.4 is 16.4 Å². The maximum Gasteiger partial charge on any atom is 0.124 e. The highest BCUT2D eigenvalue weighted by atomic mass is 15.1. The minimum atomic E-state index is 0.324. The highest BCUT2D eigenvalue weighted by molar-refractivity contribution is 5.90. The number of aromatic nitrogens is 2. The van der Waals surface area contributed by atoms with Gasteiger partial charge in [0, 0.05) is 36.1 Å². The molecule has 1 aromatic heterocycles. The fourth-order valence-electron chi connectivity index (χ4n) is 5.63. The Balaban J connectivity index is 1.16. The van der Waals surface area contributed by atoms with Crippen molar-refractivity contribution in [3.05, 3.63) is 84.4 Å². The Morgan fingerprint density at radius 1 is 0.842 bits per heavy atom. The van der Waals surface area contributed by atoms with E-state index < -0.39 is 0 Å². The molecule has 6 rings (SSSR count). The molecule has 2 aliphatic heterocycles. The molecule has 6 nitrogen and oxygen atoms in total. The lowest BCUT2D eigenvalue weighted by atomic mass is 9.98. The summed E-state index contributed by atoms with van der Waals surface area (Å²) in [7, 11) is 0. The zero-order chi connectivity index (χ0) is 26.1. The predicted octanol–water partition coefficient (Wildman–Crippen LogP) is 6.18. The van der Waals surface area contributed by atoms with Crippen LogP contribution in [0.25, 0.3) is 38.9 Å². The number of H-pyrrole nitrogens is 1. The standard InChI is InChI=1S/C32H36N6/c1-20-3-13-28(36-20)17-34-18-29(33)23-7-5-22(6-8-23)24-9-10-26-16-27(12-11-25(26)15-24)31-19-35-32(38-31)30-14-4-21(2)37-30/h5-12,15-21,28,30,36-37H,3-4,13-14,33H2,1-2H3,(H,35,38)/b29-18-,34-17+/t20-,21-,28-,30-/m0/s1. The third-order valence-corrected chi connectivity index (χ3v) is 7.88. The van der Waals surface area contributed by atoms with Gasteiger partial charge in [-0.3, -0.25) is 4.99 Å². The minimum absolute atomic E-state index is 0.324. The second kappa shape index (κ2) is 10.6. The van der Waals surface area contributed by atoms with E-state index in [-0.39, 0.29) is 0 Å². The Hall–Kier alpha value is -3.74. The van der Waals surface area contributed by atoms with E-state index in [1.807, 2.05) is 12.4 Å². The summed E-state index contributed by atoms with van der Waals surface area (Å²) in [5.41, 5.74) is 12.4.